The van der Waals surface area contributed by atoms with Gasteiger partial charge >= 0.3 is 12.1 Å². The molecule has 0 radical (unpaired) electrons. The quantitative estimate of drug-likeness (QED) is 0.644. The summed E-state index contributed by atoms with van der Waals surface area (Å²) in [6.07, 6.45) is -1.25. The Bertz CT molecular complexity index is 679. The fourth-order valence-electron chi connectivity index (χ4n) is 1.95. The number of hydrogen-bond acceptors (Lipinski definition) is 5. The molecule has 0 spiro atoms. The van der Waals surface area contributed by atoms with Crippen LogP contribution in [-0.2, 0) is 14.3 Å². The Labute approximate surface area is 155 Å². The van der Waals surface area contributed by atoms with Gasteiger partial charge in [0.15, 0.2) is 6.10 Å². The van der Waals surface area contributed by atoms with Gasteiger partial charge in [-0.1, -0.05) is 37.8 Å². The third-order valence-corrected chi connectivity index (χ3v) is 3.12. The minimum absolute atomic E-state index is 0.0581. The Kier molecular flexibility index (Phi) is 7.98. The zero-order valence-electron chi connectivity index (χ0n) is 16.2. The second-order valence-electron chi connectivity index (χ2n) is 6.96. The summed E-state index contributed by atoms with van der Waals surface area (Å²) in [7, 11) is 1.33. The van der Waals surface area contributed by atoms with Gasteiger partial charge in [-0.3, -0.25) is 0 Å². The Morgan fingerprint density at radius 2 is 1.85 bits per heavy atom. The summed E-state index contributed by atoms with van der Waals surface area (Å²) in [6.45, 7) is 9.25. The first-order valence-electron chi connectivity index (χ1n) is 8.43. The van der Waals surface area contributed by atoms with Gasteiger partial charge in [-0.2, -0.15) is 0 Å². The van der Waals surface area contributed by atoms with Gasteiger partial charge in [0.05, 0.1) is 19.2 Å². The highest BCUT2D eigenvalue weighted by Crippen LogP contribution is 2.21. The number of alkyl carbamates (subject to hydrolysis) is 1. The SMILES string of the molecule is COC(=O)[C@H](Oc1ccccc1C#CCNC(=O)OC(C)(C)C)C(C)C. The van der Waals surface area contributed by atoms with E-state index in [2.05, 4.69) is 17.2 Å². The van der Waals surface area contributed by atoms with Gasteiger partial charge in [-0.15, -0.1) is 0 Å². The molecule has 0 saturated carbocycles. The zero-order valence-corrected chi connectivity index (χ0v) is 16.2. The van der Waals surface area contributed by atoms with E-state index in [4.69, 9.17) is 14.2 Å². The number of carbonyl (C=O) groups excluding carboxylic acids is 2. The molecule has 1 aromatic carbocycles. The molecule has 142 valence electrons. The summed E-state index contributed by atoms with van der Waals surface area (Å²) in [4.78, 5) is 23.5. The van der Waals surface area contributed by atoms with Crippen LogP contribution in [0.5, 0.6) is 5.75 Å². The molecule has 0 unspecified atom stereocenters. The first-order chi connectivity index (χ1) is 12.1. The molecule has 6 nitrogen and oxygen atoms in total. The van der Waals surface area contributed by atoms with Crippen molar-refractivity contribution in [3.63, 3.8) is 0 Å². The van der Waals surface area contributed by atoms with Crippen LogP contribution in [0.1, 0.15) is 40.2 Å². The van der Waals surface area contributed by atoms with E-state index in [1.54, 1.807) is 39.0 Å². The minimum Gasteiger partial charge on any atom is -0.477 e. The number of esters is 1. The molecule has 0 aliphatic heterocycles. The Morgan fingerprint density at radius 3 is 2.42 bits per heavy atom. The van der Waals surface area contributed by atoms with Crippen LogP contribution in [0, 0.1) is 17.8 Å². The fraction of sp³-hybridized carbons (Fsp3) is 0.500. The number of ether oxygens (including phenoxy) is 3. The van der Waals surface area contributed by atoms with Crippen LogP contribution in [0.15, 0.2) is 24.3 Å². The van der Waals surface area contributed by atoms with Crippen molar-refractivity contribution >= 4 is 12.1 Å². The summed E-state index contributed by atoms with van der Waals surface area (Å²) in [6, 6.07) is 7.14. The molecule has 0 aliphatic carbocycles. The average Bonchev–Trinajstić information content (AvgIpc) is 2.55. The first-order valence-corrected chi connectivity index (χ1v) is 8.43. The maximum atomic E-state index is 11.9. The number of nitrogens with one attached hydrogen (secondary N) is 1. The van der Waals surface area contributed by atoms with Crippen LogP contribution in [0.25, 0.3) is 0 Å². The van der Waals surface area contributed by atoms with Crippen molar-refractivity contribution in [3.8, 4) is 17.6 Å². The van der Waals surface area contributed by atoms with E-state index in [9.17, 15) is 9.59 Å². The van der Waals surface area contributed by atoms with Gasteiger partial charge in [0.2, 0.25) is 0 Å². The van der Waals surface area contributed by atoms with Crippen LogP contribution in [0.2, 0.25) is 0 Å². The lowest BCUT2D eigenvalue weighted by molar-refractivity contribution is -0.150. The van der Waals surface area contributed by atoms with Crippen molar-refractivity contribution in [3.05, 3.63) is 29.8 Å². The smallest absolute Gasteiger partial charge is 0.408 e. The third-order valence-electron chi connectivity index (χ3n) is 3.12. The van der Waals surface area contributed by atoms with Gasteiger partial charge < -0.3 is 19.5 Å². The maximum Gasteiger partial charge on any atom is 0.408 e. The molecule has 1 N–H and O–H groups in total. The largest absolute Gasteiger partial charge is 0.477 e. The summed E-state index contributed by atoms with van der Waals surface area (Å²) in [5.74, 6) is 5.78. The van der Waals surface area contributed by atoms with E-state index >= 15 is 0 Å². The summed E-state index contributed by atoms with van der Waals surface area (Å²) in [5.41, 5.74) is 0.0607. The first kappa shape index (κ1) is 21.4. The molecule has 0 aromatic heterocycles. The van der Waals surface area contributed by atoms with Crippen LogP contribution in [-0.4, -0.2) is 37.4 Å². The third kappa shape index (κ3) is 7.47. The molecule has 1 aromatic rings. The van der Waals surface area contributed by atoms with Crippen LogP contribution in [0.3, 0.4) is 0 Å². The predicted molar refractivity (Wildman–Crippen MR) is 98.8 cm³/mol. The van der Waals surface area contributed by atoms with Crippen molar-refractivity contribution < 1.29 is 23.8 Å². The summed E-state index contributed by atoms with van der Waals surface area (Å²) >= 11 is 0. The van der Waals surface area contributed by atoms with Crippen molar-refractivity contribution in [1.82, 2.24) is 5.32 Å². The molecule has 26 heavy (non-hydrogen) atoms. The number of benzene rings is 1. The number of hydrogen-bond donors (Lipinski definition) is 1. The number of amides is 1. The molecule has 0 bridgehead atoms. The van der Waals surface area contributed by atoms with Crippen LogP contribution >= 0.6 is 0 Å². The monoisotopic (exact) mass is 361 g/mol. The van der Waals surface area contributed by atoms with Gasteiger partial charge in [0, 0.05) is 5.92 Å². The molecule has 1 rings (SSSR count). The van der Waals surface area contributed by atoms with Crippen LogP contribution in [0.4, 0.5) is 4.79 Å². The molecule has 1 amide bonds. The van der Waals surface area contributed by atoms with Crippen LogP contribution < -0.4 is 10.1 Å². The lowest BCUT2D eigenvalue weighted by atomic mass is 10.1. The summed E-state index contributed by atoms with van der Waals surface area (Å²) in [5, 5.41) is 2.57. The van der Waals surface area contributed by atoms with Gasteiger partial charge in [-0.05, 0) is 32.9 Å². The Balaban J connectivity index is 2.78. The maximum absolute atomic E-state index is 11.9. The summed E-state index contributed by atoms with van der Waals surface area (Å²) < 4.78 is 15.7. The van der Waals surface area contributed by atoms with Gasteiger partial charge in [0.1, 0.15) is 11.4 Å². The van der Waals surface area contributed by atoms with E-state index < -0.39 is 23.8 Å². The molecule has 0 saturated heterocycles. The second-order valence-corrected chi connectivity index (χ2v) is 6.96. The molecule has 1 atom stereocenters. The zero-order chi connectivity index (χ0) is 19.7. The van der Waals surface area contributed by atoms with Gasteiger partial charge in [-0.25, -0.2) is 9.59 Å². The van der Waals surface area contributed by atoms with Crippen molar-refractivity contribution in [1.29, 1.82) is 0 Å². The van der Waals surface area contributed by atoms with Crippen molar-refractivity contribution in [2.75, 3.05) is 13.7 Å². The number of rotatable bonds is 5. The molecule has 0 heterocycles. The van der Waals surface area contributed by atoms with E-state index in [0.717, 1.165) is 0 Å². The highest BCUT2D eigenvalue weighted by molar-refractivity contribution is 5.75. The van der Waals surface area contributed by atoms with Crippen molar-refractivity contribution in [2.45, 2.75) is 46.3 Å². The highest BCUT2D eigenvalue weighted by atomic mass is 16.6. The van der Waals surface area contributed by atoms with E-state index in [1.165, 1.54) is 7.11 Å². The lowest BCUT2D eigenvalue weighted by Gasteiger charge is -2.20. The topological polar surface area (TPSA) is 73.9 Å². The van der Waals surface area contributed by atoms with E-state index in [-0.39, 0.29) is 12.5 Å². The normalized spacial score (nSPS) is 11.8. The lowest BCUT2D eigenvalue weighted by Crippen LogP contribution is -2.33. The molecular formula is C20H27NO5. The molecular weight excluding hydrogens is 334 g/mol. The van der Waals surface area contributed by atoms with Gasteiger partial charge in [0.25, 0.3) is 0 Å². The number of para-hydroxylation sites is 1. The average molecular weight is 361 g/mol. The highest BCUT2D eigenvalue weighted by Gasteiger charge is 2.25. The standard InChI is InChI=1S/C20H27NO5/c1-14(2)17(18(22)24-6)25-16-12-8-7-10-15(16)11-9-13-21-19(23)26-20(3,4)5/h7-8,10,12,14,17H,13H2,1-6H3,(H,21,23)/t17-/m1/s1. The molecule has 0 aliphatic rings. The molecule has 6 heteroatoms. The van der Waals surface area contributed by atoms with E-state index in [1.807, 2.05) is 19.9 Å². The Morgan fingerprint density at radius 1 is 1.19 bits per heavy atom. The predicted octanol–water partition coefficient (Wildman–Crippen LogP) is 3.14. The van der Waals surface area contributed by atoms with E-state index in [0.29, 0.717) is 11.3 Å². The molecule has 0 fully saturated rings. The second kappa shape index (κ2) is 9.71. The fourth-order valence-corrected chi connectivity index (χ4v) is 1.95. The minimum atomic E-state index is -0.720. The van der Waals surface area contributed by atoms with Crippen molar-refractivity contribution in [2.24, 2.45) is 5.92 Å². The number of methoxy groups -OCH3 is 1. The Hall–Kier alpha value is -2.68. The number of carbonyl (C=O) groups is 2.